The van der Waals surface area contributed by atoms with Crippen LogP contribution in [0.2, 0.25) is 5.02 Å². The highest BCUT2D eigenvalue weighted by molar-refractivity contribution is 6.32. The number of hydrogen-bond acceptors (Lipinski definition) is 2. The molecule has 1 aromatic carbocycles. The van der Waals surface area contributed by atoms with Crippen molar-refractivity contribution in [2.45, 2.75) is 6.92 Å². The molecule has 0 radical (unpaired) electrons. The Kier molecular flexibility index (Phi) is 2.41. The average molecular weight is 209 g/mol. The molecule has 2 rings (SSSR count). The summed E-state index contributed by atoms with van der Waals surface area (Å²) < 4.78 is 1.57. The van der Waals surface area contributed by atoms with Gasteiger partial charge < -0.3 is 4.84 Å². The lowest BCUT2D eigenvalue weighted by atomic mass is 10.3. The number of aryl methyl sites for hydroxylation is 1. The van der Waals surface area contributed by atoms with E-state index in [1.165, 1.54) is 0 Å². The third-order valence-electron chi connectivity index (χ3n) is 1.82. The van der Waals surface area contributed by atoms with Gasteiger partial charge in [0.25, 0.3) is 0 Å². The normalized spacial score (nSPS) is 10.1. The summed E-state index contributed by atoms with van der Waals surface area (Å²) in [5.74, 6) is 1.40. The molecule has 0 N–H and O–H groups in total. The molecular formula is C10H9ClN2O. The summed E-state index contributed by atoms with van der Waals surface area (Å²) in [4.78, 5) is 9.54. The molecular weight excluding hydrogens is 200 g/mol. The standard InChI is InChI=1S/C10H9ClN2O/c1-8-12-6-7-13(8)14-10-5-3-2-4-9(10)11/h2-7H,1H3. The van der Waals surface area contributed by atoms with Crippen molar-refractivity contribution in [3.05, 3.63) is 47.5 Å². The zero-order valence-electron chi connectivity index (χ0n) is 7.64. The van der Waals surface area contributed by atoms with Crippen molar-refractivity contribution >= 4 is 11.6 Å². The zero-order valence-corrected chi connectivity index (χ0v) is 8.40. The van der Waals surface area contributed by atoms with E-state index in [1.807, 2.05) is 25.1 Å². The van der Waals surface area contributed by atoms with E-state index in [0.717, 1.165) is 5.82 Å². The smallest absolute Gasteiger partial charge is 0.174 e. The fourth-order valence-corrected chi connectivity index (χ4v) is 1.26. The summed E-state index contributed by atoms with van der Waals surface area (Å²) in [7, 11) is 0. The van der Waals surface area contributed by atoms with Crippen molar-refractivity contribution in [3.63, 3.8) is 0 Å². The highest BCUT2D eigenvalue weighted by atomic mass is 35.5. The number of nitrogens with zero attached hydrogens (tertiary/aromatic N) is 2. The average Bonchev–Trinajstić information content (AvgIpc) is 2.56. The number of benzene rings is 1. The Morgan fingerprint density at radius 1 is 1.36 bits per heavy atom. The van der Waals surface area contributed by atoms with E-state index < -0.39 is 0 Å². The molecule has 1 heterocycles. The van der Waals surface area contributed by atoms with Crippen LogP contribution in [0.5, 0.6) is 5.75 Å². The fraction of sp³-hybridized carbons (Fsp3) is 0.100. The Balaban J connectivity index is 2.28. The maximum Gasteiger partial charge on any atom is 0.174 e. The minimum atomic E-state index is 0.584. The molecule has 3 nitrogen and oxygen atoms in total. The molecule has 0 fully saturated rings. The second kappa shape index (κ2) is 3.72. The summed E-state index contributed by atoms with van der Waals surface area (Å²) >= 11 is 5.93. The van der Waals surface area contributed by atoms with Crippen LogP contribution in [0.15, 0.2) is 36.7 Å². The summed E-state index contributed by atoms with van der Waals surface area (Å²) in [5.41, 5.74) is 0. The van der Waals surface area contributed by atoms with Crippen LogP contribution < -0.4 is 4.84 Å². The van der Waals surface area contributed by atoms with Gasteiger partial charge in [-0.1, -0.05) is 23.7 Å². The maximum absolute atomic E-state index is 5.93. The van der Waals surface area contributed by atoms with Crippen LogP contribution in [0.1, 0.15) is 5.82 Å². The lowest BCUT2D eigenvalue weighted by Crippen LogP contribution is -2.05. The van der Waals surface area contributed by atoms with E-state index in [-0.39, 0.29) is 0 Å². The van der Waals surface area contributed by atoms with E-state index in [2.05, 4.69) is 4.98 Å². The van der Waals surface area contributed by atoms with Crippen molar-refractivity contribution in [1.29, 1.82) is 0 Å². The predicted molar refractivity (Wildman–Crippen MR) is 54.4 cm³/mol. The minimum absolute atomic E-state index is 0.584. The van der Waals surface area contributed by atoms with Crippen LogP contribution in [0, 0.1) is 6.92 Å². The van der Waals surface area contributed by atoms with Gasteiger partial charge in [0.1, 0.15) is 5.82 Å². The van der Waals surface area contributed by atoms with Gasteiger partial charge in [0, 0.05) is 6.20 Å². The van der Waals surface area contributed by atoms with Crippen LogP contribution in [0.25, 0.3) is 0 Å². The van der Waals surface area contributed by atoms with Crippen molar-refractivity contribution in [1.82, 2.24) is 9.71 Å². The molecule has 0 atom stereocenters. The minimum Gasteiger partial charge on any atom is -0.372 e. The van der Waals surface area contributed by atoms with E-state index in [1.54, 1.807) is 23.2 Å². The first-order valence-corrected chi connectivity index (χ1v) is 4.58. The number of hydrogen-bond donors (Lipinski definition) is 0. The van der Waals surface area contributed by atoms with Gasteiger partial charge in [-0.25, -0.2) is 4.98 Å². The van der Waals surface area contributed by atoms with E-state index in [9.17, 15) is 0 Å². The third kappa shape index (κ3) is 1.72. The number of para-hydroxylation sites is 1. The largest absolute Gasteiger partial charge is 0.372 e. The van der Waals surface area contributed by atoms with E-state index >= 15 is 0 Å². The van der Waals surface area contributed by atoms with Gasteiger partial charge >= 0.3 is 0 Å². The molecule has 0 unspecified atom stereocenters. The second-order valence-corrected chi connectivity index (χ2v) is 3.23. The predicted octanol–water partition coefficient (Wildman–Crippen LogP) is 2.69. The van der Waals surface area contributed by atoms with Gasteiger partial charge in [-0.2, -0.15) is 4.73 Å². The molecule has 72 valence electrons. The van der Waals surface area contributed by atoms with Gasteiger partial charge in [-0.3, -0.25) is 0 Å². The van der Waals surface area contributed by atoms with Crippen molar-refractivity contribution in [2.24, 2.45) is 0 Å². The summed E-state index contributed by atoms with van der Waals surface area (Å²) in [6, 6.07) is 7.31. The van der Waals surface area contributed by atoms with Gasteiger partial charge in [-0.05, 0) is 19.1 Å². The lowest BCUT2D eigenvalue weighted by Gasteiger charge is -2.07. The summed E-state index contributed by atoms with van der Waals surface area (Å²) in [5, 5.41) is 0.584. The van der Waals surface area contributed by atoms with Crippen LogP contribution in [0.4, 0.5) is 0 Å². The Bertz CT molecular complexity index is 439. The maximum atomic E-state index is 5.93. The fourth-order valence-electron chi connectivity index (χ4n) is 1.09. The molecule has 0 aliphatic rings. The van der Waals surface area contributed by atoms with E-state index in [0.29, 0.717) is 10.8 Å². The van der Waals surface area contributed by atoms with Gasteiger partial charge in [0.2, 0.25) is 0 Å². The molecule has 1 aromatic heterocycles. The SMILES string of the molecule is Cc1nccn1Oc1ccccc1Cl. The van der Waals surface area contributed by atoms with E-state index in [4.69, 9.17) is 16.4 Å². The van der Waals surface area contributed by atoms with Crippen molar-refractivity contribution in [3.8, 4) is 5.75 Å². The molecule has 2 aromatic rings. The Hall–Kier alpha value is -1.48. The quantitative estimate of drug-likeness (QED) is 0.759. The third-order valence-corrected chi connectivity index (χ3v) is 2.13. The van der Waals surface area contributed by atoms with Crippen LogP contribution in [-0.4, -0.2) is 9.71 Å². The molecule has 0 saturated heterocycles. The summed E-state index contributed by atoms with van der Waals surface area (Å²) in [6.07, 6.45) is 3.41. The summed E-state index contributed by atoms with van der Waals surface area (Å²) in [6.45, 7) is 1.86. The Labute approximate surface area is 86.9 Å². The lowest BCUT2D eigenvalue weighted by molar-refractivity contribution is 0.208. The first-order chi connectivity index (χ1) is 6.77. The number of imidazole rings is 1. The molecule has 0 amide bonds. The molecule has 14 heavy (non-hydrogen) atoms. The highest BCUT2D eigenvalue weighted by Gasteiger charge is 2.02. The molecule has 0 bridgehead atoms. The Morgan fingerprint density at radius 3 is 2.79 bits per heavy atom. The topological polar surface area (TPSA) is 27.1 Å². The number of aromatic nitrogens is 2. The molecule has 0 saturated carbocycles. The monoisotopic (exact) mass is 208 g/mol. The van der Waals surface area contributed by atoms with Gasteiger partial charge in [0.15, 0.2) is 5.75 Å². The second-order valence-electron chi connectivity index (χ2n) is 2.82. The Morgan fingerprint density at radius 2 is 2.14 bits per heavy atom. The first-order valence-electron chi connectivity index (χ1n) is 4.20. The van der Waals surface area contributed by atoms with Crippen LogP contribution >= 0.6 is 11.6 Å². The van der Waals surface area contributed by atoms with Crippen LogP contribution in [-0.2, 0) is 0 Å². The first kappa shape index (κ1) is 9.09. The molecule has 0 spiro atoms. The zero-order chi connectivity index (χ0) is 9.97. The van der Waals surface area contributed by atoms with Crippen LogP contribution in [0.3, 0.4) is 0 Å². The van der Waals surface area contributed by atoms with Gasteiger partial charge in [0.05, 0.1) is 11.2 Å². The molecule has 0 aliphatic carbocycles. The highest BCUT2D eigenvalue weighted by Crippen LogP contribution is 2.23. The number of rotatable bonds is 2. The number of halogens is 1. The molecule has 4 heteroatoms. The van der Waals surface area contributed by atoms with Crippen molar-refractivity contribution < 1.29 is 4.84 Å². The molecule has 0 aliphatic heterocycles. The van der Waals surface area contributed by atoms with Crippen molar-refractivity contribution in [2.75, 3.05) is 0 Å². The van der Waals surface area contributed by atoms with Gasteiger partial charge in [-0.15, -0.1) is 0 Å².